The smallest absolute Gasteiger partial charge is 0.284 e. The van der Waals surface area contributed by atoms with Gasteiger partial charge in [-0.1, -0.05) is 16.3 Å². The molecule has 0 saturated carbocycles. The van der Waals surface area contributed by atoms with Crippen LogP contribution in [0.5, 0.6) is 0 Å². The number of rotatable bonds is 4. The Morgan fingerprint density at radius 2 is 2.12 bits per heavy atom. The molecule has 0 saturated heterocycles. The topological polar surface area (TPSA) is 35.1 Å². The maximum Gasteiger partial charge on any atom is 0.284 e. The number of aromatic nitrogens is 2. The molecule has 0 aliphatic heterocycles. The monoisotopic (exact) mass is 251 g/mol. The molecule has 0 bridgehead atoms. The second-order valence-electron chi connectivity index (χ2n) is 3.56. The summed E-state index contributed by atoms with van der Waals surface area (Å²) >= 11 is 5.76. The van der Waals surface area contributed by atoms with Crippen molar-refractivity contribution in [2.45, 2.75) is 6.54 Å². The molecular formula is C12H12ClN2O2+. The minimum absolute atomic E-state index is 0.0283. The molecule has 0 amide bonds. The first-order valence-electron chi connectivity index (χ1n) is 5.09. The Morgan fingerprint density at radius 3 is 2.71 bits per heavy atom. The highest BCUT2D eigenvalue weighted by atomic mass is 35.5. The van der Waals surface area contributed by atoms with Crippen LogP contribution >= 0.6 is 11.6 Å². The zero-order valence-corrected chi connectivity index (χ0v) is 10.1. The van der Waals surface area contributed by atoms with Crippen LogP contribution in [0.3, 0.4) is 0 Å². The SMILES string of the molecule is CO[n+]1ccn(CC(=O)c2ccc(Cl)cc2)c1. The number of hydrogen-bond donors (Lipinski definition) is 0. The van der Waals surface area contributed by atoms with E-state index in [4.69, 9.17) is 16.4 Å². The van der Waals surface area contributed by atoms with Crippen LogP contribution in [0.25, 0.3) is 0 Å². The van der Waals surface area contributed by atoms with E-state index in [0.717, 1.165) is 0 Å². The third kappa shape index (κ3) is 2.85. The highest BCUT2D eigenvalue weighted by molar-refractivity contribution is 6.30. The summed E-state index contributed by atoms with van der Waals surface area (Å²) in [6.07, 6.45) is 5.21. The summed E-state index contributed by atoms with van der Waals surface area (Å²) in [6, 6.07) is 6.86. The molecule has 0 aliphatic carbocycles. The summed E-state index contributed by atoms with van der Waals surface area (Å²) in [5.41, 5.74) is 0.645. The lowest BCUT2D eigenvalue weighted by molar-refractivity contribution is -0.885. The van der Waals surface area contributed by atoms with Gasteiger partial charge in [-0.3, -0.25) is 4.79 Å². The number of imidazole rings is 1. The second kappa shape index (κ2) is 5.01. The van der Waals surface area contributed by atoms with E-state index in [1.807, 2.05) is 0 Å². The van der Waals surface area contributed by atoms with Gasteiger partial charge < -0.3 is 4.84 Å². The van der Waals surface area contributed by atoms with Crippen LogP contribution in [-0.2, 0) is 6.54 Å². The fourth-order valence-electron chi connectivity index (χ4n) is 1.47. The molecule has 2 aromatic rings. The molecule has 0 atom stereocenters. The number of carbonyl (C=O) groups excluding carboxylic acids is 1. The minimum atomic E-state index is 0.0283. The molecule has 0 N–H and O–H groups in total. The van der Waals surface area contributed by atoms with Crippen LogP contribution in [0.2, 0.25) is 5.02 Å². The lowest BCUT2D eigenvalue weighted by Crippen LogP contribution is -2.38. The molecule has 5 heteroatoms. The van der Waals surface area contributed by atoms with Crippen molar-refractivity contribution in [3.63, 3.8) is 0 Å². The molecule has 1 aromatic carbocycles. The molecule has 1 heterocycles. The van der Waals surface area contributed by atoms with Gasteiger partial charge in [-0.2, -0.15) is 0 Å². The van der Waals surface area contributed by atoms with Crippen molar-refractivity contribution in [2.75, 3.05) is 7.11 Å². The molecule has 0 fully saturated rings. The predicted octanol–water partition coefficient (Wildman–Crippen LogP) is 1.37. The average Bonchev–Trinajstić information content (AvgIpc) is 2.77. The van der Waals surface area contributed by atoms with Crippen molar-refractivity contribution in [2.24, 2.45) is 0 Å². The Balaban J connectivity index is 2.08. The number of Topliss-reactive ketones (excluding diaryl/α,β-unsaturated/α-hetero) is 1. The van der Waals surface area contributed by atoms with E-state index < -0.39 is 0 Å². The molecule has 0 aliphatic rings. The van der Waals surface area contributed by atoms with Crippen molar-refractivity contribution in [1.82, 2.24) is 4.57 Å². The minimum Gasteiger partial charge on any atom is -0.339 e. The Labute approximate surface area is 104 Å². The summed E-state index contributed by atoms with van der Waals surface area (Å²) in [5, 5.41) is 0.625. The fourth-order valence-corrected chi connectivity index (χ4v) is 1.59. The number of nitrogens with zero attached hydrogens (tertiary/aromatic N) is 2. The Kier molecular flexibility index (Phi) is 3.44. The van der Waals surface area contributed by atoms with Gasteiger partial charge in [-0.05, 0) is 24.3 Å². The summed E-state index contributed by atoms with van der Waals surface area (Å²) in [5.74, 6) is 0.0283. The summed E-state index contributed by atoms with van der Waals surface area (Å²) in [6.45, 7) is 0.276. The Bertz CT molecular complexity index is 520. The van der Waals surface area contributed by atoms with Crippen molar-refractivity contribution in [1.29, 1.82) is 0 Å². The summed E-state index contributed by atoms with van der Waals surface area (Å²) in [7, 11) is 1.56. The van der Waals surface area contributed by atoms with E-state index in [0.29, 0.717) is 10.6 Å². The van der Waals surface area contributed by atoms with E-state index in [1.54, 1.807) is 54.7 Å². The maximum atomic E-state index is 11.9. The third-order valence-corrected chi connectivity index (χ3v) is 2.62. The van der Waals surface area contributed by atoms with E-state index in [1.165, 1.54) is 4.73 Å². The molecule has 0 unspecified atom stereocenters. The first-order valence-corrected chi connectivity index (χ1v) is 5.47. The van der Waals surface area contributed by atoms with Crippen LogP contribution in [0.4, 0.5) is 0 Å². The molecule has 0 spiro atoms. The van der Waals surface area contributed by atoms with Gasteiger partial charge in [0, 0.05) is 10.6 Å². The molecule has 0 radical (unpaired) electrons. The van der Waals surface area contributed by atoms with Crippen LogP contribution < -0.4 is 9.57 Å². The molecular weight excluding hydrogens is 240 g/mol. The predicted molar refractivity (Wildman–Crippen MR) is 62.9 cm³/mol. The van der Waals surface area contributed by atoms with Gasteiger partial charge >= 0.3 is 0 Å². The van der Waals surface area contributed by atoms with E-state index >= 15 is 0 Å². The van der Waals surface area contributed by atoms with Gasteiger partial charge in [0.15, 0.2) is 12.7 Å². The third-order valence-electron chi connectivity index (χ3n) is 2.37. The maximum absolute atomic E-state index is 11.9. The van der Waals surface area contributed by atoms with Gasteiger partial charge in [-0.25, -0.2) is 4.57 Å². The number of ketones is 1. The first kappa shape index (κ1) is 11.7. The Hall–Kier alpha value is -1.81. The lowest BCUT2D eigenvalue weighted by atomic mass is 10.1. The molecule has 2 rings (SSSR count). The number of hydrogen-bond acceptors (Lipinski definition) is 2. The highest BCUT2D eigenvalue weighted by Crippen LogP contribution is 2.10. The van der Waals surface area contributed by atoms with Gasteiger partial charge in [-0.15, -0.1) is 0 Å². The summed E-state index contributed by atoms with van der Waals surface area (Å²) in [4.78, 5) is 16.9. The lowest BCUT2D eigenvalue weighted by Gasteiger charge is -1.98. The van der Waals surface area contributed by atoms with E-state index in [-0.39, 0.29) is 12.3 Å². The molecule has 1 aromatic heterocycles. The number of carbonyl (C=O) groups is 1. The van der Waals surface area contributed by atoms with Crippen LogP contribution in [0, 0.1) is 0 Å². The van der Waals surface area contributed by atoms with Crippen molar-refractivity contribution < 1.29 is 14.4 Å². The largest absolute Gasteiger partial charge is 0.339 e. The van der Waals surface area contributed by atoms with Gasteiger partial charge in [0.05, 0.1) is 0 Å². The van der Waals surface area contributed by atoms with E-state index in [9.17, 15) is 4.79 Å². The van der Waals surface area contributed by atoms with E-state index in [2.05, 4.69) is 0 Å². The van der Waals surface area contributed by atoms with Crippen molar-refractivity contribution in [3.05, 3.63) is 53.6 Å². The number of halogens is 1. The first-order chi connectivity index (χ1) is 8.19. The second-order valence-corrected chi connectivity index (χ2v) is 3.99. The average molecular weight is 252 g/mol. The van der Waals surface area contributed by atoms with Crippen molar-refractivity contribution in [3.8, 4) is 0 Å². The van der Waals surface area contributed by atoms with Crippen LogP contribution in [0.15, 0.2) is 43.0 Å². The molecule has 17 heavy (non-hydrogen) atoms. The van der Waals surface area contributed by atoms with Crippen LogP contribution in [-0.4, -0.2) is 17.5 Å². The Morgan fingerprint density at radius 1 is 1.41 bits per heavy atom. The van der Waals surface area contributed by atoms with Crippen molar-refractivity contribution >= 4 is 17.4 Å². The van der Waals surface area contributed by atoms with Gasteiger partial charge in [0.2, 0.25) is 5.78 Å². The zero-order valence-electron chi connectivity index (χ0n) is 9.34. The quantitative estimate of drug-likeness (QED) is 0.608. The van der Waals surface area contributed by atoms with Gasteiger partial charge in [0.1, 0.15) is 13.3 Å². The molecule has 88 valence electrons. The van der Waals surface area contributed by atoms with Gasteiger partial charge in [0.25, 0.3) is 6.33 Å². The normalized spacial score (nSPS) is 10.2. The highest BCUT2D eigenvalue weighted by Gasteiger charge is 2.11. The molecule has 4 nitrogen and oxygen atoms in total. The standard InChI is InChI=1S/C12H12ClN2O2/c1-17-15-7-6-14(9-15)8-12(16)10-2-4-11(13)5-3-10/h2-7,9H,8H2,1H3/q+1. The van der Waals surface area contributed by atoms with Crippen LogP contribution in [0.1, 0.15) is 10.4 Å². The summed E-state index contributed by atoms with van der Waals surface area (Å²) < 4.78 is 3.27. The number of benzene rings is 1. The zero-order chi connectivity index (χ0) is 12.3. The fraction of sp³-hybridized carbons (Fsp3) is 0.167.